The summed E-state index contributed by atoms with van der Waals surface area (Å²) in [5.41, 5.74) is -0.0511. The van der Waals surface area contributed by atoms with E-state index in [2.05, 4.69) is 13.8 Å². The van der Waals surface area contributed by atoms with Gasteiger partial charge in [0, 0.05) is 12.5 Å². The molecule has 1 aliphatic heterocycles. The molecule has 1 saturated carbocycles. The van der Waals surface area contributed by atoms with Gasteiger partial charge in [-0.3, -0.25) is 4.79 Å². The Bertz CT molecular complexity index is 311. The Morgan fingerprint density at radius 1 is 1.25 bits per heavy atom. The van der Waals surface area contributed by atoms with Crippen molar-refractivity contribution in [1.82, 2.24) is 0 Å². The summed E-state index contributed by atoms with van der Waals surface area (Å²) in [6, 6.07) is 0. The lowest BCUT2D eigenvalue weighted by atomic mass is 9.73. The number of ether oxygens (including phenoxy) is 1. The Labute approximate surface area is 123 Å². The van der Waals surface area contributed by atoms with E-state index in [-0.39, 0.29) is 23.2 Å². The van der Waals surface area contributed by atoms with Crippen molar-refractivity contribution in [3.8, 4) is 0 Å². The van der Waals surface area contributed by atoms with Crippen LogP contribution in [0.5, 0.6) is 0 Å². The first-order valence-corrected chi connectivity index (χ1v) is 8.47. The van der Waals surface area contributed by atoms with Crippen LogP contribution in [0, 0.1) is 11.8 Å². The van der Waals surface area contributed by atoms with Gasteiger partial charge < -0.3 is 9.84 Å². The summed E-state index contributed by atoms with van der Waals surface area (Å²) >= 11 is 0. The molecule has 1 N–H and O–H groups in total. The highest BCUT2D eigenvalue weighted by Crippen LogP contribution is 2.41. The number of rotatable bonds is 5. The fraction of sp³-hybridized carbons (Fsp3) is 0.941. The SMILES string of the molecule is CCC(CC)C(O)C(=O)C1CCOC2(CCCCC2)C1. The molecule has 0 aromatic heterocycles. The van der Waals surface area contributed by atoms with Gasteiger partial charge in [-0.1, -0.05) is 46.0 Å². The summed E-state index contributed by atoms with van der Waals surface area (Å²) in [6.45, 7) is 4.79. The van der Waals surface area contributed by atoms with Crippen LogP contribution in [0.25, 0.3) is 0 Å². The van der Waals surface area contributed by atoms with E-state index in [0.29, 0.717) is 6.61 Å². The van der Waals surface area contributed by atoms with E-state index in [9.17, 15) is 9.90 Å². The molecule has 3 nitrogen and oxygen atoms in total. The minimum atomic E-state index is -0.770. The predicted molar refractivity (Wildman–Crippen MR) is 79.6 cm³/mol. The molecule has 116 valence electrons. The van der Waals surface area contributed by atoms with E-state index in [0.717, 1.165) is 38.5 Å². The number of ketones is 1. The van der Waals surface area contributed by atoms with Crippen LogP contribution < -0.4 is 0 Å². The number of Topliss-reactive ketones (excluding diaryl/α,β-unsaturated/α-hetero) is 1. The second kappa shape index (κ2) is 7.04. The smallest absolute Gasteiger partial charge is 0.164 e. The molecule has 2 aliphatic rings. The normalized spacial score (nSPS) is 27.7. The zero-order valence-corrected chi connectivity index (χ0v) is 13.1. The van der Waals surface area contributed by atoms with Crippen LogP contribution in [0.2, 0.25) is 0 Å². The van der Waals surface area contributed by atoms with Crippen molar-refractivity contribution in [2.24, 2.45) is 11.8 Å². The van der Waals surface area contributed by atoms with Crippen molar-refractivity contribution in [3.05, 3.63) is 0 Å². The Morgan fingerprint density at radius 2 is 1.90 bits per heavy atom. The number of aliphatic hydroxyl groups is 1. The maximum Gasteiger partial charge on any atom is 0.164 e. The maximum atomic E-state index is 12.6. The first-order valence-electron chi connectivity index (χ1n) is 8.47. The van der Waals surface area contributed by atoms with Gasteiger partial charge in [0.2, 0.25) is 0 Å². The lowest BCUT2D eigenvalue weighted by Gasteiger charge is -2.43. The van der Waals surface area contributed by atoms with Crippen LogP contribution in [0.4, 0.5) is 0 Å². The lowest BCUT2D eigenvalue weighted by molar-refractivity contribution is -0.151. The molecule has 2 unspecified atom stereocenters. The van der Waals surface area contributed by atoms with E-state index < -0.39 is 6.10 Å². The van der Waals surface area contributed by atoms with Crippen LogP contribution in [0.3, 0.4) is 0 Å². The Hall–Kier alpha value is -0.410. The Kier molecular flexibility index (Phi) is 5.62. The summed E-state index contributed by atoms with van der Waals surface area (Å²) in [4.78, 5) is 12.6. The van der Waals surface area contributed by atoms with Crippen molar-refractivity contribution in [2.45, 2.75) is 83.3 Å². The molecule has 1 heterocycles. The first-order chi connectivity index (χ1) is 9.62. The second-order valence-electron chi connectivity index (χ2n) is 6.71. The fourth-order valence-electron chi connectivity index (χ4n) is 4.02. The first kappa shape index (κ1) is 16.0. The molecule has 0 aromatic rings. The van der Waals surface area contributed by atoms with Crippen molar-refractivity contribution in [3.63, 3.8) is 0 Å². The van der Waals surface area contributed by atoms with E-state index in [4.69, 9.17) is 4.74 Å². The Morgan fingerprint density at radius 3 is 2.50 bits per heavy atom. The van der Waals surface area contributed by atoms with E-state index in [1.165, 1.54) is 19.3 Å². The minimum Gasteiger partial charge on any atom is -0.385 e. The van der Waals surface area contributed by atoms with E-state index in [1.54, 1.807) is 0 Å². The number of hydrogen-bond acceptors (Lipinski definition) is 3. The monoisotopic (exact) mass is 282 g/mol. The minimum absolute atomic E-state index is 0.0115. The largest absolute Gasteiger partial charge is 0.385 e. The number of hydrogen-bond donors (Lipinski definition) is 1. The zero-order chi connectivity index (χ0) is 14.6. The molecule has 0 radical (unpaired) electrons. The molecule has 1 spiro atoms. The summed E-state index contributed by atoms with van der Waals surface area (Å²) in [7, 11) is 0. The van der Waals surface area contributed by atoms with Crippen molar-refractivity contribution in [1.29, 1.82) is 0 Å². The molecule has 0 aromatic carbocycles. The van der Waals surface area contributed by atoms with Gasteiger partial charge in [0.1, 0.15) is 6.10 Å². The molecule has 3 heteroatoms. The molecular weight excluding hydrogens is 252 g/mol. The molecule has 1 saturated heterocycles. The van der Waals surface area contributed by atoms with Gasteiger partial charge in [-0.25, -0.2) is 0 Å². The number of carbonyl (C=O) groups is 1. The summed E-state index contributed by atoms with van der Waals surface area (Å²) < 4.78 is 6.05. The number of carbonyl (C=O) groups excluding carboxylic acids is 1. The highest BCUT2D eigenvalue weighted by Gasteiger charge is 2.42. The van der Waals surface area contributed by atoms with Gasteiger partial charge in [-0.2, -0.15) is 0 Å². The van der Waals surface area contributed by atoms with Crippen molar-refractivity contribution in [2.75, 3.05) is 6.61 Å². The molecule has 2 rings (SSSR count). The predicted octanol–water partition coefficient (Wildman–Crippen LogP) is 3.48. The van der Waals surface area contributed by atoms with Crippen LogP contribution in [0.15, 0.2) is 0 Å². The summed E-state index contributed by atoms with van der Waals surface area (Å²) in [5.74, 6) is 0.206. The van der Waals surface area contributed by atoms with Gasteiger partial charge in [-0.05, 0) is 31.6 Å². The summed E-state index contributed by atoms with van der Waals surface area (Å²) in [5, 5.41) is 10.3. The lowest BCUT2D eigenvalue weighted by Crippen LogP contribution is -2.46. The van der Waals surface area contributed by atoms with Gasteiger partial charge in [0.05, 0.1) is 5.60 Å². The molecule has 1 aliphatic carbocycles. The highest BCUT2D eigenvalue weighted by atomic mass is 16.5. The molecule has 0 bridgehead atoms. The average Bonchev–Trinajstić information content (AvgIpc) is 2.48. The molecule has 20 heavy (non-hydrogen) atoms. The van der Waals surface area contributed by atoms with Crippen LogP contribution in [-0.2, 0) is 9.53 Å². The molecular formula is C17H30O3. The van der Waals surface area contributed by atoms with Crippen LogP contribution in [-0.4, -0.2) is 29.2 Å². The van der Waals surface area contributed by atoms with E-state index in [1.807, 2.05) is 0 Å². The average molecular weight is 282 g/mol. The third kappa shape index (κ3) is 3.43. The fourth-order valence-corrected chi connectivity index (χ4v) is 4.02. The zero-order valence-electron chi connectivity index (χ0n) is 13.1. The maximum absolute atomic E-state index is 12.6. The van der Waals surface area contributed by atoms with Gasteiger partial charge in [0.15, 0.2) is 5.78 Å². The van der Waals surface area contributed by atoms with Crippen LogP contribution in [0.1, 0.15) is 71.6 Å². The van der Waals surface area contributed by atoms with Gasteiger partial charge in [0.25, 0.3) is 0 Å². The highest BCUT2D eigenvalue weighted by molar-refractivity contribution is 5.85. The Balaban J connectivity index is 1.99. The standard InChI is InChI=1S/C17H30O3/c1-3-13(4-2)15(18)16(19)14-8-11-20-17(12-14)9-6-5-7-10-17/h13-15,18H,3-12H2,1-2H3. The van der Waals surface area contributed by atoms with Crippen LogP contribution >= 0.6 is 0 Å². The molecule has 0 amide bonds. The third-order valence-electron chi connectivity index (χ3n) is 5.45. The topological polar surface area (TPSA) is 46.5 Å². The van der Waals surface area contributed by atoms with Crippen molar-refractivity contribution >= 4 is 5.78 Å². The van der Waals surface area contributed by atoms with Gasteiger partial charge in [-0.15, -0.1) is 0 Å². The van der Waals surface area contributed by atoms with E-state index >= 15 is 0 Å². The summed E-state index contributed by atoms with van der Waals surface area (Å²) in [6.07, 6.45) is 8.52. The second-order valence-corrected chi connectivity index (χ2v) is 6.71. The molecule has 2 atom stereocenters. The van der Waals surface area contributed by atoms with Crippen molar-refractivity contribution < 1.29 is 14.6 Å². The molecule has 2 fully saturated rings. The quantitative estimate of drug-likeness (QED) is 0.839. The number of aliphatic hydroxyl groups excluding tert-OH is 1. The van der Waals surface area contributed by atoms with Gasteiger partial charge >= 0.3 is 0 Å². The third-order valence-corrected chi connectivity index (χ3v) is 5.45.